The summed E-state index contributed by atoms with van der Waals surface area (Å²) in [7, 11) is 0. The molecule has 0 amide bonds. The molecule has 23 heavy (non-hydrogen) atoms. The highest BCUT2D eigenvalue weighted by Crippen LogP contribution is 2.37. The number of nitrogens with one attached hydrogen (secondary N) is 1. The third-order valence-electron chi connectivity index (χ3n) is 3.05. The first kappa shape index (κ1) is 14.7. The molecule has 0 aliphatic heterocycles. The summed E-state index contributed by atoms with van der Waals surface area (Å²) in [4.78, 5) is 21.4. The van der Waals surface area contributed by atoms with Crippen LogP contribution in [0, 0.1) is 10.1 Å². The molecule has 0 spiro atoms. The maximum atomic E-state index is 11.3. The van der Waals surface area contributed by atoms with Crippen LogP contribution in [0.4, 0.5) is 17.1 Å². The number of carbonyl (C=O) groups excluding carboxylic acids is 1. The number of benzene rings is 2. The molecule has 1 N–H and O–H groups in total. The lowest BCUT2D eigenvalue weighted by Crippen LogP contribution is -2.21. The van der Waals surface area contributed by atoms with Crippen LogP contribution in [0.25, 0.3) is 11.0 Å². The van der Waals surface area contributed by atoms with Crippen molar-refractivity contribution in [2.24, 2.45) is 0 Å². The number of carboxylic acids is 1. The fraction of sp³-hybridized carbons (Fsp3) is 0. The minimum atomic E-state index is -1.32. The summed E-state index contributed by atoms with van der Waals surface area (Å²) >= 11 is 6.00. The van der Waals surface area contributed by atoms with E-state index in [0.29, 0.717) is 5.69 Å². The van der Waals surface area contributed by atoms with Crippen molar-refractivity contribution in [3.63, 3.8) is 0 Å². The molecule has 116 valence electrons. The number of carboxylic acid groups (broad SMARTS) is 1. The molecule has 0 aliphatic carbocycles. The predicted molar refractivity (Wildman–Crippen MR) is 77.5 cm³/mol. The van der Waals surface area contributed by atoms with Crippen LogP contribution >= 0.6 is 11.6 Å². The molecule has 10 heteroatoms. The molecular formula is C13H6ClN4O5-. The Labute approximate surface area is 132 Å². The fourth-order valence-electron chi connectivity index (χ4n) is 2.02. The van der Waals surface area contributed by atoms with Crippen LogP contribution in [0.3, 0.4) is 0 Å². The van der Waals surface area contributed by atoms with Gasteiger partial charge in [0.2, 0.25) is 5.52 Å². The van der Waals surface area contributed by atoms with E-state index in [9.17, 15) is 20.0 Å². The minimum Gasteiger partial charge on any atom is -0.545 e. The quantitative estimate of drug-likeness (QED) is 0.565. The number of hydrogen-bond acceptors (Lipinski definition) is 8. The van der Waals surface area contributed by atoms with Crippen molar-refractivity contribution in [2.75, 3.05) is 5.32 Å². The van der Waals surface area contributed by atoms with Crippen molar-refractivity contribution in [1.29, 1.82) is 0 Å². The molecule has 1 aromatic heterocycles. The Morgan fingerprint density at radius 2 is 1.87 bits per heavy atom. The van der Waals surface area contributed by atoms with Crippen LogP contribution < -0.4 is 10.4 Å². The van der Waals surface area contributed by atoms with E-state index in [2.05, 4.69) is 20.3 Å². The number of fused-ring (bicyclic) bond motifs is 1. The molecule has 0 fully saturated rings. The van der Waals surface area contributed by atoms with Crippen LogP contribution in [0.2, 0.25) is 5.02 Å². The van der Waals surface area contributed by atoms with Gasteiger partial charge < -0.3 is 15.2 Å². The summed E-state index contributed by atoms with van der Waals surface area (Å²) in [5.74, 6) is -1.32. The highest BCUT2D eigenvalue weighted by Gasteiger charge is 2.25. The second kappa shape index (κ2) is 5.54. The molecule has 9 nitrogen and oxygen atoms in total. The summed E-state index contributed by atoms with van der Waals surface area (Å²) in [6, 6.07) is 6.81. The number of nitrogens with zero attached hydrogens (tertiary/aromatic N) is 3. The normalized spacial score (nSPS) is 10.7. The van der Waals surface area contributed by atoms with Gasteiger partial charge in [0.1, 0.15) is 5.69 Å². The van der Waals surface area contributed by atoms with E-state index < -0.39 is 10.9 Å². The Balaban J connectivity index is 2.07. The number of halogens is 1. The highest BCUT2D eigenvalue weighted by molar-refractivity contribution is 6.35. The molecule has 1 heterocycles. The second-order valence-corrected chi connectivity index (χ2v) is 4.87. The highest BCUT2D eigenvalue weighted by atomic mass is 35.5. The maximum absolute atomic E-state index is 11.3. The monoisotopic (exact) mass is 333 g/mol. The average molecular weight is 334 g/mol. The SMILES string of the molecule is O=C([O-])c1ccc(Nc2cc(Cl)c3nonc3c2[N+](=O)[O-])cc1. The van der Waals surface area contributed by atoms with Crippen LogP contribution in [0.5, 0.6) is 0 Å². The maximum Gasteiger partial charge on any atom is 0.324 e. The molecule has 0 saturated heterocycles. The second-order valence-electron chi connectivity index (χ2n) is 4.46. The summed E-state index contributed by atoms with van der Waals surface area (Å²) in [5, 5.41) is 32.0. The minimum absolute atomic E-state index is 0.0146. The molecule has 2 aromatic carbocycles. The Morgan fingerprint density at radius 1 is 1.22 bits per heavy atom. The Bertz CT molecular complexity index is 922. The smallest absolute Gasteiger partial charge is 0.324 e. The molecular weight excluding hydrogens is 328 g/mol. The lowest BCUT2D eigenvalue weighted by atomic mass is 10.2. The Kier molecular flexibility index (Phi) is 3.54. The lowest BCUT2D eigenvalue weighted by molar-refractivity contribution is -0.382. The van der Waals surface area contributed by atoms with Gasteiger partial charge in [0.05, 0.1) is 15.9 Å². The fourth-order valence-corrected chi connectivity index (χ4v) is 2.25. The van der Waals surface area contributed by atoms with Gasteiger partial charge in [-0.2, -0.15) is 0 Å². The molecule has 0 bridgehead atoms. The van der Waals surface area contributed by atoms with E-state index in [1.54, 1.807) is 0 Å². The van der Waals surface area contributed by atoms with Crippen molar-refractivity contribution < 1.29 is 19.5 Å². The summed E-state index contributed by atoms with van der Waals surface area (Å²) in [5.41, 5.74) is 0.121. The molecule has 0 radical (unpaired) electrons. The summed E-state index contributed by atoms with van der Waals surface area (Å²) in [6.45, 7) is 0. The van der Waals surface area contributed by atoms with Gasteiger partial charge in [-0.1, -0.05) is 23.7 Å². The number of anilines is 2. The number of nitro groups is 1. The first-order valence-electron chi connectivity index (χ1n) is 6.15. The number of nitro benzene ring substituents is 1. The number of hydrogen-bond donors (Lipinski definition) is 1. The van der Waals surface area contributed by atoms with Crippen LogP contribution in [-0.2, 0) is 0 Å². The number of carbonyl (C=O) groups is 1. The third kappa shape index (κ3) is 2.64. The first-order valence-corrected chi connectivity index (χ1v) is 6.53. The molecule has 0 saturated carbocycles. The molecule has 0 unspecified atom stereocenters. The van der Waals surface area contributed by atoms with Gasteiger partial charge in [-0.3, -0.25) is 10.1 Å². The van der Waals surface area contributed by atoms with Gasteiger partial charge in [-0.15, -0.1) is 0 Å². The van der Waals surface area contributed by atoms with Crippen molar-refractivity contribution in [3.8, 4) is 0 Å². The third-order valence-corrected chi connectivity index (χ3v) is 3.34. The number of aromatic nitrogens is 2. The van der Waals surface area contributed by atoms with Gasteiger partial charge in [0.25, 0.3) is 0 Å². The van der Waals surface area contributed by atoms with Crippen molar-refractivity contribution in [2.45, 2.75) is 0 Å². The van der Waals surface area contributed by atoms with Crippen LogP contribution in [-0.4, -0.2) is 21.2 Å². The van der Waals surface area contributed by atoms with Crippen molar-refractivity contribution >= 4 is 45.7 Å². The molecule has 0 atom stereocenters. The molecule has 3 aromatic rings. The van der Waals surface area contributed by atoms with Gasteiger partial charge in [-0.05, 0) is 34.1 Å². The van der Waals surface area contributed by atoms with Gasteiger partial charge in [0.15, 0.2) is 5.52 Å². The summed E-state index contributed by atoms with van der Waals surface area (Å²) < 4.78 is 4.49. The van der Waals surface area contributed by atoms with Gasteiger partial charge >= 0.3 is 5.69 Å². The number of aromatic carboxylic acids is 1. The van der Waals surface area contributed by atoms with Crippen LogP contribution in [0.1, 0.15) is 10.4 Å². The largest absolute Gasteiger partial charge is 0.545 e. The van der Waals surface area contributed by atoms with Crippen LogP contribution in [0.15, 0.2) is 35.0 Å². The van der Waals surface area contributed by atoms with E-state index in [1.807, 2.05) is 0 Å². The zero-order valence-corrected chi connectivity index (χ0v) is 11.9. The molecule has 0 aliphatic rings. The molecule has 3 rings (SSSR count). The first-order chi connectivity index (χ1) is 11.0. The van der Waals surface area contributed by atoms with E-state index in [-0.39, 0.29) is 33.0 Å². The van der Waals surface area contributed by atoms with Gasteiger partial charge in [0, 0.05) is 5.69 Å². The van der Waals surface area contributed by atoms with Crippen molar-refractivity contribution in [3.05, 3.63) is 51.0 Å². The van der Waals surface area contributed by atoms with E-state index >= 15 is 0 Å². The predicted octanol–water partition coefficient (Wildman–Crippen LogP) is 1.89. The average Bonchev–Trinajstić information content (AvgIpc) is 2.97. The zero-order valence-electron chi connectivity index (χ0n) is 11.1. The lowest BCUT2D eigenvalue weighted by Gasteiger charge is -2.09. The number of rotatable bonds is 4. The van der Waals surface area contributed by atoms with E-state index in [4.69, 9.17) is 11.6 Å². The Hall–Kier alpha value is -3.20. The Morgan fingerprint density at radius 3 is 2.48 bits per heavy atom. The summed E-state index contributed by atoms with van der Waals surface area (Å²) in [6.07, 6.45) is 0. The topological polar surface area (TPSA) is 134 Å². The van der Waals surface area contributed by atoms with E-state index in [0.717, 1.165) is 0 Å². The van der Waals surface area contributed by atoms with Crippen molar-refractivity contribution in [1.82, 2.24) is 10.3 Å². The van der Waals surface area contributed by atoms with Gasteiger partial charge in [-0.25, -0.2) is 4.63 Å². The van der Waals surface area contributed by atoms with E-state index in [1.165, 1.54) is 30.3 Å². The standard InChI is InChI=1S/C13H7ClN4O5/c14-8-5-9(12(18(21)22)11-10(8)16-23-17-11)15-7-3-1-6(2-4-7)13(19)20/h1-5,15H,(H,19,20)/p-1. The zero-order chi connectivity index (χ0) is 16.6.